The zero-order valence-electron chi connectivity index (χ0n) is 11.0. The number of nitrogens with one attached hydrogen (secondary N) is 1. The van der Waals surface area contributed by atoms with Gasteiger partial charge in [-0.15, -0.1) is 0 Å². The van der Waals surface area contributed by atoms with Crippen molar-refractivity contribution in [2.24, 2.45) is 0 Å². The van der Waals surface area contributed by atoms with Crippen molar-refractivity contribution >= 4 is 35.0 Å². The molecule has 0 aromatic heterocycles. The zero-order chi connectivity index (χ0) is 15.2. The lowest BCUT2D eigenvalue weighted by molar-refractivity contribution is -0.137. The molecule has 1 saturated heterocycles. The van der Waals surface area contributed by atoms with Crippen LogP contribution in [0.3, 0.4) is 0 Å². The van der Waals surface area contributed by atoms with Gasteiger partial charge in [0.15, 0.2) is 0 Å². The number of thioether (sulfide) groups is 1. The van der Waals surface area contributed by atoms with Crippen molar-refractivity contribution in [3.05, 3.63) is 34.7 Å². The van der Waals surface area contributed by atoms with E-state index in [9.17, 15) is 14.4 Å². The minimum atomic E-state index is -0.845. The van der Waals surface area contributed by atoms with E-state index < -0.39 is 5.97 Å². The van der Waals surface area contributed by atoms with E-state index in [4.69, 9.17) is 9.84 Å². The first-order chi connectivity index (χ1) is 10.0. The van der Waals surface area contributed by atoms with Gasteiger partial charge >= 0.3 is 5.97 Å². The highest BCUT2D eigenvalue weighted by Crippen LogP contribution is 2.26. The number of ether oxygens (including phenoxy) is 1. The fourth-order valence-electron chi connectivity index (χ4n) is 1.65. The monoisotopic (exact) mass is 307 g/mol. The first kappa shape index (κ1) is 15.1. The van der Waals surface area contributed by atoms with Crippen LogP contribution in [-0.4, -0.2) is 28.8 Å². The van der Waals surface area contributed by atoms with Crippen LogP contribution in [0, 0.1) is 0 Å². The van der Waals surface area contributed by atoms with Crippen LogP contribution in [0.15, 0.2) is 29.2 Å². The summed E-state index contributed by atoms with van der Waals surface area (Å²) in [6.07, 6.45) is 2.14. The third-order valence-corrected chi connectivity index (χ3v) is 3.43. The first-order valence-corrected chi connectivity index (χ1v) is 7.06. The molecule has 0 unspecified atom stereocenters. The molecule has 2 rings (SSSR count). The number of carbonyl (C=O) groups is 3. The Labute approximate surface area is 125 Å². The molecular weight excluding hydrogens is 294 g/mol. The van der Waals surface area contributed by atoms with E-state index in [1.165, 1.54) is 0 Å². The van der Waals surface area contributed by atoms with Gasteiger partial charge in [0.05, 0.1) is 11.5 Å². The highest BCUT2D eigenvalue weighted by molar-refractivity contribution is 8.18. The standard InChI is InChI=1S/C14H13NO5S/c16-12(17)2-1-7-20-10-5-3-9(4-6-10)8-11-13(18)15-14(19)21-11/h3-6,8H,1-2,7H2,(H,16,17)(H,15,18,19)/b11-8+. The molecular formula is C14H13NO5S. The van der Waals surface area contributed by atoms with Crippen LogP contribution >= 0.6 is 11.8 Å². The Kier molecular flexibility index (Phi) is 4.99. The van der Waals surface area contributed by atoms with Gasteiger partial charge in [-0.05, 0) is 42.0 Å². The average molecular weight is 307 g/mol. The van der Waals surface area contributed by atoms with Crippen molar-refractivity contribution in [2.45, 2.75) is 12.8 Å². The number of rotatable bonds is 6. The predicted molar refractivity (Wildman–Crippen MR) is 77.9 cm³/mol. The first-order valence-electron chi connectivity index (χ1n) is 6.24. The lowest BCUT2D eigenvalue weighted by atomic mass is 10.2. The molecule has 1 aromatic carbocycles. The van der Waals surface area contributed by atoms with E-state index in [1.807, 2.05) is 0 Å². The Morgan fingerprint density at radius 1 is 1.29 bits per heavy atom. The van der Waals surface area contributed by atoms with Crippen LogP contribution in [0.2, 0.25) is 0 Å². The molecule has 21 heavy (non-hydrogen) atoms. The normalized spacial score (nSPS) is 16.1. The van der Waals surface area contributed by atoms with Crippen LogP contribution in [0.25, 0.3) is 6.08 Å². The summed E-state index contributed by atoms with van der Waals surface area (Å²) in [5.41, 5.74) is 0.778. The van der Waals surface area contributed by atoms with Crippen molar-refractivity contribution < 1.29 is 24.2 Å². The number of amides is 2. The maximum Gasteiger partial charge on any atom is 0.303 e. The number of carboxylic acid groups (broad SMARTS) is 1. The summed E-state index contributed by atoms with van der Waals surface area (Å²) in [5, 5.41) is 10.3. The molecule has 0 saturated carbocycles. The molecule has 0 spiro atoms. The number of carboxylic acids is 1. The van der Waals surface area contributed by atoms with Crippen LogP contribution < -0.4 is 10.1 Å². The Morgan fingerprint density at radius 3 is 2.57 bits per heavy atom. The third kappa shape index (κ3) is 4.64. The Hall–Kier alpha value is -2.28. The van der Waals surface area contributed by atoms with Crippen molar-refractivity contribution in [3.8, 4) is 5.75 Å². The smallest absolute Gasteiger partial charge is 0.303 e. The van der Waals surface area contributed by atoms with Gasteiger partial charge in [-0.1, -0.05) is 12.1 Å². The van der Waals surface area contributed by atoms with Crippen molar-refractivity contribution in [1.29, 1.82) is 0 Å². The number of hydrogen-bond acceptors (Lipinski definition) is 5. The highest BCUT2D eigenvalue weighted by Gasteiger charge is 2.24. The molecule has 6 nitrogen and oxygen atoms in total. The molecule has 0 radical (unpaired) electrons. The molecule has 7 heteroatoms. The number of aliphatic carboxylic acids is 1. The molecule has 1 heterocycles. The van der Waals surface area contributed by atoms with Gasteiger partial charge in [0.1, 0.15) is 5.75 Å². The van der Waals surface area contributed by atoms with Gasteiger partial charge in [0.25, 0.3) is 11.1 Å². The van der Waals surface area contributed by atoms with Crippen molar-refractivity contribution in [1.82, 2.24) is 5.32 Å². The largest absolute Gasteiger partial charge is 0.494 e. The van der Waals surface area contributed by atoms with Gasteiger partial charge in [-0.25, -0.2) is 0 Å². The van der Waals surface area contributed by atoms with Crippen molar-refractivity contribution in [2.75, 3.05) is 6.61 Å². The van der Waals surface area contributed by atoms with E-state index in [2.05, 4.69) is 5.32 Å². The van der Waals surface area contributed by atoms with E-state index in [0.717, 1.165) is 17.3 Å². The maximum absolute atomic E-state index is 11.4. The Balaban J connectivity index is 1.90. The fourth-order valence-corrected chi connectivity index (χ4v) is 2.33. The summed E-state index contributed by atoms with van der Waals surface area (Å²) in [7, 11) is 0. The molecule has 1 aromatic rings. The van der Waals surface area contributed by atoms with E-state index in [0.29, 0.717) is 23.7 Å². The Bertz CT molecular complexity index is 594. The SMILES string of the molecule is O=C(O)CCCOc1ccc(/C=C2/SC(=O)NC2=O)cc1. The van der Waals surface area contributed by atoms with Crippen molar-refractivity contribution in [3.63, 3.8) is 0 Å². The van der Waals surface area contributed by atoms with Gasteiger partial charge < -0.3 is 9.84 Å². The van der Waals surface area contributed by atoms with Gasteiger partial charge in [0.2, 0.25) is 0 Å². The summed E-state index contributed by atoms with van der Waals surface area (Å²) in [5.74, 6) is -0.608. The minimum absolute atomic E-state index is 0.0740. The third-order valence-electron chi connectivity index (χ3n) is 2.62. The lowest BCUT2D eigenvalue weighted by Gasteiger charge is -2.05. The highest BCUT2D eigenvalue weighted by atomic mass is 32.2. The van der Waals surface area contributed by atoms with Crippen LogP contribution in [0.4, 0.5) is 4.79 Å². The van der Waals surface area contributed by atoms with Crippen LogP contribution in [0.1, 0.15) is 18.4 Å². The second kappa shape index (κ2) is 6.94. The number of imide groups is 1. The molecule has 110 valence electrons. The second-order valence-electron chi connectivity index (χ2n) is 4.27. The molecule has 1 fully saturated rings. The molecule has 1 aliphatic heterocycles. The quantitative estimate of drug-likeness (QED) is 0.618. The summed E-state index contributed by atoms with van der Waals surface area (Å²) >= 11 is 0.867. The maximum atomic E-state index is 11.4. The van der Waals surface area contributed by atoms with E-state index in [-0.39, 0.29) is 17.6 Å². The van der Waals surface area contributed by atoms with Gasteiger partial charge in [-0.3, -0.25) is 19.7 Å². The van der Waals surface area contributed by atoms with Crippen LogP contribution in [0.5, 0.6) is 5.75 Å². The molecule has 0 aliphatic carbocycles. The second-order valence-corrected chi connectivity index (χ2v) is 5.28. The topological polar surface area (TPSA) is 92.7 Å². The predicted octanol–water partition coefficient (Wildman–Crippen LogP) is 2.25. The molecule has 2 N–H and O–H groups in total. The average Bonchev–Trinajstić information content (AvgIpc) is 2.74. The Morgan fingerprint density at radius 2 is 2.00 bits per heavy atom. The fraction of sp³-hybridized carbons (Fsp3) is 0.214. The van der Waals surface area contributed by atoms with E-state index >= 15 is 0 Å². The lowest BCUT2D eigenvalue weighted by Crippen LogP contribution is -2.17. The van der Waals surface area contributed by atoms with Crippen LogP contribution in [-0.2, 0) is 9.59 Å². The summed E-state index contributed by atoms with van der Waals surface area (Å²) in [4.78, 5) is 33.1. The zero-order valence-corrected chi connectivity index (χ0v) is 11.8. The van der Waals surface area contributed by atoms with E-state index in [1.54, 1.807) is 30.3 Å². The minimum Gasteiger partial charge on any atom is -0.494 e. The summed E-state index contributed by atoms with van der Waals surface area (Å²) in [6, 6.07) is 6.98. The summed E-state index contributed by atoms with van der Waals surface area (Å²) < 4.78 is 5.40. The number of carbonyl (C=O) groups excluding carboxylic acids is 2. The molecule has 0 atom stereocenters. The summed E-state index contributed by atoms with van der Waals surface area (Å²) in [6.45, 7) is 0.333. The van der Waals surface area contributed by atoms with Gasteiger partial charge in [-0.2, -0.15) is 0 Å². The molecule has 2 amide bonds. The number of hydrogen-bond donors (Lipinski definition) is 2. The molecule has 0 bridgehead atoms. The van der Waals surface area contributed by atoms with Gasteiger partial charge in [0, 0.05) is 6.42 Å². The number of benzene rings is 1. The molecule has 1 aliphatic rings.